The van der Waals surface area contributed by atoms with E-state index in [1.54, 1.807) is 12.1 Å². The Kier molecular flexibility index (Phi) is 10.5. The number of halogens is 7. The van der Waals surface area contributed by atoms with E-state index in [1.165, 1.54) is 6.07 Å². The van der Waals surface area contributed by atoms with Crippen molar-refractivity contribution in [1.29, 1.82) is 0 Å². The average molecular weight is 643 g/mol. The second-order valence-corrected chi connectivity index (χ2v) is 13.3. The predicted molar refractivity (Wildman–Crippen MR) is 156 cm³/mol. The number of likely N-dealkylation sites (tertiary alicyclic amines) is 2. The van der Waals surface area contributed by atoms with Crippen LogP contribution in [0.3, 0.4) is 0 Å². The normalized spacial score (nSPS) is 23.3. The Balaban J connectivity index is 1.16. The zero-order valence-corrected chi connectivity index (χ0v) is 25.2. The molecule has 3 unspecified atom stereocenters. The van der Waals surface area contributed by atoms with Gasteiger partial charge in [0, 0.05) is 25.6 Å². The molecule has 0 spiro atoms. The molecular formula is C34H41F7N2O2. The standard InChI is InChI=1S/C34H41F7N2O2/c35-29-9-3-8-25(17-29)30-21-43(31(32(44)45)16-23-5-2-6-23)20-26(30)19-42-12-10-22(11-13-42)4-1-7-24-14-27(33(36,37)38)18-28(15-24)34(39,40)41/h3,8-9,14-15,17-18,22-23,26,30-31H,1-2,4-7,10-13,16,19-21H2,(H,44,45). The molecule has 248 valence electrons. The van der Waals surface area contributed by atoms with E-state index in [2.05, 4.69) is 9.80 Å². The monoisotopic (exact) mass is 642 g/mol. The van der Waals surface area contributed by atoms with Crippen LogP contribution in [-0.2, 0) is 23.6 Å². The van der Waals surface area contributed by atoms with Crippen molar-refractivity contribution >= 4 is 5.97 Å². The Hall–Kier alpha value is -2.66. The molecule has 45 heavy (non-hydrogen) atoms. The number of carbonyl (C=O) groups is 1. The van der Waals surface area contributed by atoms with Gasteiger partial charge in [-0.2, -0.15) is 26.3 Å². The molecule has 2 aromatic rings. The summed E-state index contributed by atoms with van der Waals surface area (Å²) in [7, 11) is 0. The van der Waals surface area contributed by atoms with Crippen molar-refractivity contribution in [3.05, 3.63) is 70.5 Å². The maximum absolute atomic E-state index is 14.2. The maximum Gasteiger partial charge on any atom is 0.416 e. The van der Waals surface area contributed by atoms with Gasteiger partial charge in [-0.15, -0.1) is 0 Å². The van der Waals surface area contributed by atoms with Crippen LogP contribution in [0.15, 0.2) is 42.5 Å². The second-order valence-electron chi connectivity index (χ2n) is 13.3. The van der Waals surface area contributed by atoms with E-state index in [0.29, 0.717) is 37.8 Å². The lowest BCUT2D eigenvalue weighted by Crippen LogP contribution is -2.43. The molecule has 0 bridgehead atoms. The van der Waals surface area contributed by atoms with E-state index >= 15 is 0 Å². The minimum absolute atomic E-state index is 0.00992. The van der Waals surface area contributed by atoms with Crippen LogP contribution < -0.4 is 0 Å². The second kappa shape index (κ2) is 14.0. The molecular weight excluding hydrogens is 601 g/mol. The first kappa shape index (κ1) is 33.7. The molecule has 0 aromatic heterocycles. The van der Waals surface area contributed by atoms with Gasteiger partial charge in [0.1, 0.15) is 11.9 Å². The van der Waals surface area contributed by atoms with Crippen molar-refractivity contribution in [2.24, 2.45) is 17.8 Å². The average Bonchev–Trinajstić information content (AvgIpc) is 3.35. The molecule has 0 radical (unpaired) electrons. The number of carboxylic acids is 1. The van der Waals surface area contributed by atoms with E-state index in [1.807, 2.05) is 6.07 Å². The summed E-state index contributed by atoms with van der Waals surface area (Å²) < 4.78 is 93.5. The summed E-state index contributed by atoms with van der Waals surface area (Å²) in [6.07, 6.45) is -2.67. The summed E-state index contributed by atoms with van der Waals surface area (Å²) in [5.74, 6) is -0.203. The van der Waals surface area contributed by atoms with Gasteiger partial charge in [0.25, 0.3) is 0 Å². The molecule has 2 aromatic carbocycles. The zero-order chi connectivity index (χ0) is 32.4. The summed E-state index contributed by atoms with van der Waals surface area (Å²) in [4.78, 5) is 16.7. The summed E-state index contributed by atoms with van der Waals surface area (Å²) >= 11 is 0. The fraction of sp³-hybridized carbons (Fsp3) is 0.618. The predicted octanol–water partition coefficient (Wildman–Crippen LogP) is 8.26. The number of benzene rings is 2. The molecule has 5 rings (SSSR count). The number of aliphatic carboxylic acids is 1. The fourth-order valence-electron chi connectivity index (χ4n) is 7.46. The van der Waals surface area contributed by atoms with Gasteiger partial charge in [-0.25, -0.2) is 4.39 Å². The highest BCUT2D eigenvalue weighted by molar-refractivity contribution is 5.73. The first-order valence-corrected chi connectivity index (χ1v) is 16.0. The Morgan fingerprint density at radius 1 is 0.889 bits per heavy atom. The molecule has 1 saturated carbocycles. The maximum atomic E-state index is 14.2. The summed E-state index contributed by atoms with van der Waals surface area (Å²) in [6, 6.07) is 7.83. The van der Waals surface area contributed by atoms with Gasteiger partial charge in [0.05, 0.1) is 11.1 Å². The molecule has 11 heteroatoms. The third-order valence-electron chi connectivity index (χ3n) is 10.2. The molecule has 2 saturated heterocycles. The van der Waals surface area contributed by atoms with Gasteiger partial charge in [0.15, 0.2) is 0 Å². The van der Waals surface area contributed by atoms with Crippen LogP contribution in [0.1, 0.15) is 79.5 Å². The molecule has 0 amide bonds. The highest BCUT2D eigenvalue weighted by Crippen LogP contribution is 2.40. The van der Waals surface area contributed by atoms with Crippen molar-refractivity contribution in [2.75, 3.05) is 32.7 Å². The number of carboxylic acid groups (broad SMARTS) is 1. The highest BCUT2D eigenvalue weighted by atomic mass is 19.4. The molecule has 2 aliphatic heterocycles. The highest BCUT2D eigenvalue weighted by Gasteiger charge is 2.42. The first-order chi connectivity index (χ1) is 21.3. The lowest BCUT2D eigenvalue weighted by molar-refractivity contribution is -0.144. The Morgan fingerprint density at radius 2 is 1.56 bits per heavy atom. The smallest absolute Gasteiger partial charge is 0.416 e. The summed E-state index contributed by atoms with van der Waals surface area (Å²) in [6.45, 7) is 3.57. The van der Waals surface area contributed by atoms with Crippen molar-refractivity contribution < 1.29 is 40.6 Å². The van der Waals surface area contributed by atoms with Crippen LogP contribution in [0.5, 0.6) is 0 Å². The van der Waals surface area contributed by atoms with Gasteiger partial charge < -0.3 is 10.0 Å². The molecule has 3 aliphatic rings. The van der Waals surface area contributed by atoms with Crippen molar-refractivity contribution in [3.8, 4) is 0 Å². The lowest BCUT2D eigenvalue weighted by Gasteiger charge is -2.35. The largest absolute Gasteiger partial charge is 0.480 e. The van der Waals surface area contributed by atoms with Crippen molar-refractivity contribution in [3.63, 3.8) is 0 Å². The number of hydrogen-bond acceptors (Lipinski definition) is 3. The quantitative estimate of drug-likeness (QED) is 0.251. The van der Waals surface area contributed by atoms with E-state index in [4.69, 9.17) is 0 Å². The third kappa shape index (κ3) is 8.78. The van der Waals surface area contributed by atoms with Crippen molar-refractivity contribution in [2.45, 2.75) is 82.1 Å². The van der Waals surface area contributed by atoms with Crippen LogP contribution in [0.4, 0.5) is 30.7 Å². The van der Waals surface area contributed by atoms with Crippen molar-refractivity contribution in [1.82, 2.24) is 9.80 Å². The van der Waals surface area contributed by atoms with Gasteiger partial charge in [-0.1, -0.05) is 37.8 Å². The molecule has 3 atom stereocenters. The van der Waals surface area contributed by atoms with Gasteiger partial charge >= 0.3 is 18.3 Å². The van der Waals surface area contributed by atoms with Crippen LogP contribution in [0.25, 0.3) is 0 Å². The van der Waals surface area contributed by atoms with E-state index in [9.17, 15) is 40.6 Å². The Bertz CT molecular complexity index is 1270. The number of piperidine rings is 1. The van der Waals surface area contributed by atoms with Crippen LogP contribution in [0.2, 0.25) is 0 Å². The molecule has 3 fully saturated rings. The van der Waals surface area contributed by atoms with Gasteiger partial charge in [-0.05, 0) is 104 Å². The van der Waals surface area contributed by atoms with E-state index in [0.717, 1.165) is 75.9 Å². The van der Waals surface area contributed by atoms with Crippen LogP contribution >= 0.6 is 0 Å². The number of aryl methyl sites for hydroxylation is 1. The fourth-order valence-corrected chi connectivity index (χ4v) is 7.46. The SMILES string of the molecule is O=C(O)C(CC1CCC1)N1CC(CN2CCC(CCCc3cc(C(F)(F)F)cc(C(F)(F)F)c3)CC2)C(c2cccc(F)c2)C1. The van der Waals surface area contributed by atoms with Gasteiger partial charge in [0.2, 0.25) is 0 Å². The van der Waals surface area contributed by atoms with E-state index in [-0.39, 0.29) is 35.7 Å². The number of alkyl halides is 6. The minimum atomic E-state index is -4.85. The number of nitrogens with zero attached hydrogens (tertiary/aromatic N) is 2. The van der Waals surface area contributed by atoms with Gasteiger partial charge in [-0.3, -0.25) is 9.69 Å². The molecule has 1 N–H and O–H groups in total. The molecule has 2 heterocycles. The van der Waals surface area contributed by atoms with Crippen LogP contribution in [0, 0.1) is 23.6 Å². The molecule has 4 nitrogen and oxygen atoms in total. The molecule has 1 aliphatic carbocycles. The number of rotatable bonds is 11. The minimum Gasteiger partial charge on any atom is -0.480 e. The summed E-state index contributed by atoms with van der Waals surface area (Å²) in [5.41, 5.74) is -1.63. The Morgan fingerprint density at radius 3 is 2.11 bits per heavy atom. The first-order valence-electron chi connectivity index (χ1n) is 16.0. The van der Waals surface area contributed by atoms with E-state index < -0.39 is 35.5 Å². The third-order valence-corrected chi connectivity index (χ3v) is 10.2. The zero-order valence-electron chi connectivity index (χ0n) is 25.2. The summed E-state index contributed by atoms with van der Waals surface area (Å²) in [5, 5.41) is 10.1. The Labute approximate surface area is 259 Å². The lowest BCUT2D eigenvalue weighted by atomic mass is 9.80. The number of hydrogen-bond donors (Lipinski definition) is 1. The van der Waals surface area contributed by atoms with Crippen LogP contribution in [-0.4, -0.2) is 59.6 Å². The topological polar surface area (TPSA) is 43.8 Å².